The molecule has 0 aliphatic rings. The van der Waals surface area contributed by atoms with E-state index in [9.17, 15) is 14.0 Å². The topological polar surface area (TPSA) is 70.6 Å². The summed E-state index contributed by atoms with van der Waals surface area (Å²) in [6, 6.07) is 14.6. The molecule has 2 N–H and O–H groups in total. The number of rotatable bonds is 5. The van der Waals surface area contributed by atoms with E-state index in [1.807, 2.05) is 0 Å². The van der Waals surface area contributed by atoms with E-state index >= 15 is 0 Å². The summed E-state index contributed by atoms with van der Waals surface area (Å²) in [6.07, 6.45) is 1.20. The maximum atomic E-state index is 13.3. The van der Waals surface area contributed by atoms with E-state index in [0.29, 0.717) is 5.56 Å². The fraction of sp³-hybridized carbons (Fsp3) is 0.0625. The Morgan fingerprint density at radius 1 is 1.05 bits per heavy atom. The second-order valence-corrected chi connectivity index (χ2v) is 4.36. The van der Waals surface area contributed by atoms with Gasteiger partial charge in [-0.2, -0.15) is 5.10 Å². The van der Waals surface area contributed by atoms with Gasteiger partial charge >= 0.3 is 0 Å². The van der Waals surface area contributed by atoms with Crippen molar-refractivity contribution in [2.24, 2.45) is 5.10 Å². The summed E-state index contributed by atoms with van der Waals surface area (Å²) in [7, 11) is 0. The molecule has 0 aliphatic heterocycles. The summed E-state index contributed by atoms with van der Waals surface area (Å²) in [4.78, 5) is 23.2. The first-order valence-corrected chi connectivity index (χ1v) is 6.56. The van der Waals surface area contributed by atoms with Crippen molar-refractivity contribution in [2.45, 2.75) is 0 Å². The zero-order valence-electron chi connectivity index (χ0n) is 11.6. The fourth-order valence-corrected chi connectivity index (χ4v) is 1.65. The van der Waals surface area contributed by atoms with E-state index in [-0.39, 0.29) is 18.0 Å². The molecule has 0 saturated heterocycles. The molecule has 2 aromatic carbocycles. The first-order valence-electron chi connectivity index (χ1n) is 6.56. The zero-order chi connectivity index (χ0) is 15.8. The van der Waals surface area contributed by atoms with Crippen molar-refractivity contribution in [2.75, 3.05) is 6.54 Å². The maximum Gasteiger partial charge on any atom is 0.259 e. The molecule has 0 radical (unpaired) electrons. The third-order valence-corrected chi connectivity index (χ3v) is 2.74. The highest BCUT2D eigenvalue weighted by Gasteiger charge is 2.06. The standard InChI is InChI=1S/C16H14FN3O2/c17-14-9-5-4-8-13(14)10-19-20-15(21)11-18-16(22)12-6-2-1-3-7-12/h1-10H,11H2,(H,18,22)(H,20,21). The van der Waals surface area contributed by atoms with Crippen molar-refractivity contribution in [1.29, 1.82) is 0 Å². The number of hydrogen-bond donors (Lipinski definition) is 2. The molecule has 0 heterocycles. The lowest BCUT2D eigenvalue weighted by Crippen LogP contribution is -2.34. The molecule has 6 heteroatoms. The van der Waals surface area contributed by atoms with Gasteiger partial charge in [-0.3, -0.25) is 9.59 Å². The quantitative estimate of drug-likeness (QED) is 0.652. The van der Waals surface area contributed by atoms with Gasteiger partial charge in [0.05, 0.1) is 12.8 Å². The normalized spacial score (nSPS) is 10.4. The third-order valence-electron chi connectivity index (χ3n) is 2.74. The molecule has 2 aromatic rings. The lowest BCUT2D eigenvalue weighted by molar-refractivity contribution is -0.120. The monoisotopic (exact) mass is 299 g/mol. The van der Waals surface area contributed by atoms with Crippen LogP contribution in [0.3, 0.4) is 0 Å². The second kappa shape index (κ2) is 7.68. The van der Waals surface area contributed by atoms with Gasteiger partial charge in [0.1, 0.15) is 5.82 Å². The van der Waals surface area contributed by atoms with Crippen molar-refractivity contribution < 1.29 is 14.0 Å². The highest BCUT2D eigenvalue weighted by atomic mass is 19.1. The van der Waals surface area contributed by atoms with Gasteiger partial charge in [0, 0.05) is 11.1 Å². The van der Waals surface area contributed by atoms with Gasteiger partial charge in [-0.15, -0.1) is 0 Å². The lowest BCUT2D eigenvalue weighted by atomic mass is 10.2. The van der Waals surface area contributed by atoms with Crippen LogP contribution in [0.25, 0.3) is 0 Å². The number of carbonyl (C=O) groups excluding carboxylic acids is 2. The van der Waals surface area contributed by atoms with Gasteiger partial charge in [0.25, 0.3) is 11.8 Å². The number of benzene rings is 2. The fourth-order valence-electron chi connectivity index (χ4n) is 1.65. The predicted octanol–water partition coefficient (Wildman–Crippen LogP) is 1.71. The van der Waals surface area contributed by atoms with Crippen molar-refractivity contribution in [1.82, 2.24) is 10.7 Å². The maximum absolute atomic E-state index is 13.3. The van der Waals surface area contributed by atoms with Crippen LogP contribution in [-0.2, 0) is 4.79 Å². The van der Waals surface area contributed by atoms with Crippen LogP contribution in [-0.4, -0.2) is 24.6 Å². The molecule has 0 saturated carbocycles. The molecule has 5 nitrogen and oxygen atoms in total. The molecular weight excluding hydrogens is 285 g/mol. The molecule has 2 amide bonds. The average Bonchev–Trinajstić information content (AvgIpc) is 2.55. The van der Waals surface area contributed by atoms with Crippen LogP contribution in [0.4, 0.5) is 4.39 Å². The van der Waals surface area contributed by atoms with E-state index in [1.54, 1.807) is 42.5 Å². The Kier molecular flexibility index (Phi) is 5.37. The predicted molar refractivity (Wildman–Crippen MR) is 80.9 cm³/mol. The molecule has 0 atom stereocenters. The Bertz CT molecular complexity index is 687. The van der Waals surface area contributed by atoms with E-state index in [2.05, 4.69) is 15.8 Å². The van der Waals surface area contributed by atoms with Gasteiger partial charge in [-0.05, 0) is 18.2 Å². The molecule has 0 aliphatic carbocycles. The van der Waals surface area contributed by atoms with E-state index in [1.165, 1.54) is 18.3 Å². The van der Waals surface area contributed by atoms with Crippen molar-refractivity contribution in [3.8, 4) is 0 Å². The van der Waals surface area contributed by atoms with Crippen molar-refractivity contribution in [3.05, 3.63) is 71.5 Å². The van der Waals surface area contributed by atoms with Gasteiger partial charge in [-0.25, -0.2) is 9.82 Å². The van der Waals surface area contributed by atoms with Crippen LogP contribution in [0.5, 0.6) is 0 Å². The summed E-state index contributed by atoms with van der Waals surface area (Å²) >= 11 is 0. The molecular formula is C16H14FN3O2. The third kappa shape index (κ3) is 4.52. The first-order chi connectivity index (χ1) is 10.7. The average molecular weight is 299 g/mol. The highest BCUT2D eigenvalue weighted by molar-refractivity contribution is 5.96. The van der Waals surface area contributed by atoms with Crippen LogP contribution in [0.2, 0.25) is 0 Å². The molecule has 0 bridgehead atoms. The minimum atomic E-state index is -0.503. The van der Waals surface area contributed by atoms with Crippen LogP contribution in [0.1, 0.15) is 15.9 Å². The van der Waals surface area contributed by atoms with Crippen LogP contribution in [0, 0.1) is 5.82 Å². The number of nitrogens with zero attached hydrogens (tertiary/aromatic N) is 1. The largest absolute Gasteiger partial charge is 0.343 e. The molecule has 112 valence electrons. The smallest absolute Gasteiger partial charge is 0.259 e. The Balaban J connectivity index is 1.79. The molecule has 22 heavy (non-hydrogen) atoms. The van der Waals surface area contributed by atoms with Crippen LogP contribution < -0.4 is 10.7 Å². The summed E-state index contributed by atoms with van der Waals surface area (Å²) in [5.74, 6) is -1.29. The SMILES string of the molecule is O=C(CNC(=O)c1ccccc1)NN=Cc1ccccc1F. The molecule has 0 fully saturated rings. The molecule has 0 unspecified atom stereocenters. The minimum absolute atomic E-state index is 0.220. The van der Waals surface area contributed by atoms with E-state index in [0.717, 1.165) is 0 Å². The molecule has 0 spiro atoms. The minimum Gasteiger partial charge on any atom is -0.343 e. The second-order valence-electron chi connectivity index (χ2n) is 4.36. The Morgan fingerprint density at radius 3 is 2.45 bits per heavy atom. The lowest BCUT2D eigenvalue weighted by Gasteiger charge is -2.03. The number of nitrogens with one attached hydrogen (secondary N) is 2. The summed E-state index contributed by atoms with van der Waals surface area (Å²) in [5.41, 5.74) is 2.94. The van der Waals surface area contributed by atoms with Gasteiger partial charge in [0.15, 0.2) is 0 Å². The van der Waals surface area contributed by atoms with E-state index < -0.39 is 11.7 Å². The Morgan fingerprint density at radius 2 is 1.73 bits per heavy atom. The summed E-state index contributed by atoms with van der Waals surface area (Å²) < 4.78 is 13.3. The molecule has 2 rings (SSSR count). The number of hydrazone groups is 1. The van der Waals surface area contributed by atoms with Gasteiger partial charge < -0.3 is 5.32 Å². The highest BCUT2D eigenvalue weighted by Crippen LogP contribution is 2.02. The Hall–Kier alpha value is -3.02. The number of carbonyl (C=O) groups is 2. The number of amides is 2. The zero-order valence-corrected chi connectivity index (χ0v) is 11.6. The van der Waals surface area contributed by atoms with Crippen molar-refractivity contribution >= 4 is 18.0 Å². The first kappa shape index (κ1) is 15.4. The number of halogens is 1. The van der Waals surface area contributed by atoms with Gasteiger partial charge in [-0.1, -0.05) is 36.4 Å². The molecule has 0 aromatic heterocycles. The van der Waals surface area contributed by atoms with E-state index in [4.69, 9.17) is 0 Å². The number of hydrogen-bond acceptors (Lipinski definition) is 3. The summed E-state index contributed by atoms with van der Waals surface area (Å²) in [5, 5.41) is 6.10. The van der Waals surface area contributed by atoms with Gasteiger partial charge in [0.2, 0.25) is 0 Å². The van der Waals surface area contributed by atoms with Crippen molar-refractivity contribution in [3.63, 3.8) is 0 Å². The summed E-state index contributed by atoms with van der Waals surface area (Å²) in [6.45, 7) is -0.220. The van der Waals surface area contributed by atoms with Crippen LogP contribution >= 0.6 is 0 Å². The van der Waals surface area contributed by atoms with Crippen LogP contribution in [0.15, 0.2) is 59.7 Å². The Labute approximate surface area is 126 Å².